The van der Waals surface area contributed by atoms with Gasteiger partial charge in [0.1, 0.15) is 0 Å². The third kappa shape index (κ3) is 2.29. The molecule has 5 aromatic rings. The van der Waals surface area contributed by atoms with E-state index in [0.29, 0.717) is 0 Å². The monoisotopic (exact) mass is 445 g/mol. The van der Waals surface area contributed by atoms with Crippen molar-refractivity contribution in [1.29, 1.82) is 0 Å². The molecular formula is C34H23N. The van der Waals surface area contributed by atoms with E-state index in [-0.39, 0.29) is 0 Å². The molecule has 0 aromatic heterocycles. The molecule has 4 aliphatic rings. The van der Waals surface area contributed by atoms with Gasteiger partial charge in [-0.3, -0.25) is 0 Å². The molecule has 0 saturated carbocycles. The van der Waals surface area contributed by atoms with E-state index in [0.717, 1.165) is 25.7 Å². The Labute approximate surface area is 205 Å². The number of fused-ring (bicyclic) bond motifs is 11. The molecular weight excluding hydrogens is 422 g/mol. The highest BCUT2D eigenvalue weighted by atomic mass is 15.2. The fourth-order valence-corrected chi connectivity index (χ4v) is 7.25. The predicted molar refractivity (Wildman–Crippen MR) is 143 cm³/mol. The number of nitrogens with zero attached hydrogens (tertiary/aromatic N) is 1. The van der Waals surface area contributed by atoms with E-state index in [4.69, 9.17) is 0 Å². The second kappa shape index (κ2) is 6.31. The largest absolute Gasteiger partial charge is 0.309 e. The number of anilines is 3. The predicted octanol–water partition coefficient (Wildman–Crippen LogP) is 8.11. The first-order chi connectivity index (χ1) is 17.3. The molecule has 1 heteroatoms. The van der Waals surface area contributed by atoms with Gasteiger partial charge in [-0.2, -0.15) is 0 Å². The molecule has 0 saturated heterocycles. The smallest absolute Gasteiger partial charge is 0.0539 e. The van der Waals surface area contributed by atoms with E-state index in [9.17, 15) is 0 Å². The zero-order valence-corrected chi connectivity index (χ0v) is 19.4. The van der Waals surface area contributed by atoms with Gasteiger partial charge in [-0.05, 0) is 97.8 Å². The van der Waals surface area contributed by atoms with Crippen molar-refractivity contribution in [1.82, 2.24) is 0 Å². The number of rotatable bonds is 0. The average molecular weight is 446 g/mol. The van der Waals surface area contributed by atoms with E-state index in [1.807, 2.05) is 0 Å². The molecule has 0 radical (unpaired) electrons. The van der Waals surface area contributed by atoms with Crippen molar-refractivity contribution in [2.24, 2.45) is 0 Å². The van der Waals surface area contributed by atoms with Crippen molar-refractivity contribution < 1.29 is 0 Å². The first-order valence-electron chi connectivity index (χ1n) is 12.7. The number of para-hydroxylation sites is 1. The van der Waals surface area contributed by atoms with Crippen LogP contribution < -0.4 is 4.90 Å². The Kier molecular flexibility index (Phi) is 3.29. The Bertz CT molecular complexity index is 1760. The topological polar surface area (TPSA) is 3.24 Å². The van der Waals surface area contributed by atoms with Gasteiger partial charge in [-0.25, -0.2) is 0 Å². The fourth-order valence-electron chi connectivity index (χ4n) is 7.25. The maximum absolute atomic E-state index is 2.60. The van der Waals surface area contributed by atoms with E-state index in [1.165, 1.54) is 83.8 Å². The lowest BCUT2D eigenvalue weighted by molar-refractivity contribution is 1.01. The van der Waals surface area contributed by atoms with Crippen LogP contribution in [0.15, 0.2) is 91.0 Å². The van der Waals surface area contributed by atoms with Gasteiger partial charge in [0.15, 0.2) is 0 Å². The van der Waals surface area contributed by atoms with E-state index in [2.05, 4.69) is 95.9 Å². The lowest BCUT2D eigenvalue weighted by Crippen LogP contribution is -2.25. The summed E-state index contributed by atoms with van der Waals surface area (Å²) < 4.78 is 0. The van der Waals surface area contributed by atoms with Crippen LogP contribution in [0.3, 0.4) is 0 Å². The van der Waals surface area contributed by atoms with Crippen LogP contribution in [-0.2, 0) is 25.7 Å². The molecule has 0 amide bonds. The van der Waals surface area contributed by atoms with Crippen LogP contribution in [0.5, 0.6) is 0 Å². The highest BCUT2D eigenvalue weighted by Crippen LogP contribution is 2.56. The molecule has 2 aliphatic heterocycles. The van der Waals surface area contributed by atoms with Gasteiger partial charge in [0.25, 0.3) is 0 Å². The second-order valence-electron chi connectivity index (χ2n) is 10.5. The minimum atomic E-state index is 1.01. The molecule has 0 spiro atoms. The third-order valence-electron chi connectivity index (χ3n) is 8.67. The van der Waals surface area contributed by atoms with Gasteiger partial charge in [0.2, 0.25) is 0 Å². The summed E-state index contributed by atoms with van der Waals surface area (Å²) in [6.07, 6.45) is 4.11. The maximum atomic E-state index is 2.60. The SMILES string of the molecule is c1ccc2c(c1)Cc1cc3c(cc1-2)Cc1cc2c(c4c1N3c1ccccc1C4)-c1ccccc1C2. The summed E-state index contributed by atoms with van der Waals surface area (Å²) in [6.45, 7) is 0. The fraction of sp³-hybridized carbons (Fsp3) is 0.118. The van der Waals surface area contributed by atoms with E-state index >= 15 is 0 Å². The molecule has 0 atom stereocenters. The highest BCUT2D eigenvalue weighted by Gasteiger charge is 2.37. The molecule has 164 valence electrons. The lowest BCUT2D eigenvalue weighted by atomic mass is 9.81. The molecule has 0 unspecified atom stereocenters. The Balaban J connectivity index is 1.34. The van der Waals surface area contributed by atoms with Crippen molar-refractivity contribution in [3.8, 4) is 22.3 Å². The molecule has 0 fully saturated rings. The summed E-state index contributed by atoms with van der Waals surface area (Å²) in [4.78, 5) is 2.60. The summed E-state index contributed by atoms with van der Waals surface area (Å²) >= 11 is 0. The van der Waals surface area contributed by atoms with Crippen LogP contribution in [0.2, 0.25) is 0 Å². The number of hydrogen-bond donors (Lipinski definition) is 0. The molecule has 1 nitrogen and oxygen atoms in total. The van der Waals surface area contributed by atoms with Crippen molar-refractivity contribution >= 4 is 17.1 Å². The zero-order chi connectivity index (χ0) is 22.7. The highest BCUT2D eigenvalue weighted by molar-refractivity contribution is 5.96. The van der Waals surface area contributed by atoms with Crippen molar-refractivity contribution in [2.75, 3.05) is 4.90 Å². The Morgan fingerprint density at radius 1 is 0.429 bits per heavy atom. The number of benzene rings is 5. The third-order valence-corrected chi connectivity index (χ3v) is 8.67. The Morgan fingerprint density at radius 3 is 2.00 bits per heavy atom. The van der Waals surface area contributed by atoms with Gasteiger partial charge >= 0.3 is 0 Å². The minimum absolute atomic E-state index is 1.01. The zero-order valence-electron chi connectivity index (χ0n) is 19.4. The van der Waals surface area contributed by atoms with Crippen molar-refractivity contribution in [3.05, 3.63) is 136 Å². The first-order valence-corrected chi connectivity index (χ1v) is 12.7. The van der Waals surface area contributed by atoms with Crippen molar-refractivity contribution in [3.63, 3.8) is 0 Å². The summed E-state index contributed by atoms with van der Waals surface area (Å²) in [7, 11) is 0. The summed E-state index contributed by atoms with van der Waals surface area (Å²) in [5.74, 6) is 0. The maximum Gasteiger partial charge on any atom is 0.0539 e. The lowest BCUT2D eigenvalue weighted by Gasteiger charge is -2.40. The van der Waals surface area contributed by atoms with E-state index < -0.39 is 0 Å². The van der Waals surface area contributed by atoms with Crippen LogP contribution in [0.25, 0.3) is 22.3 Å². The number of hydrogen-bond acceptors (Lipinski definition) is 1. The Hall–Kier alpha value is -4.10. The van der Waals surface area contributed by atoms with Crippen LogP contribution in [-0.4, -0.2) is 0 Å². The second-order valence-corrected chi connectivity index (χ2v) is 10.5. The molecule has 2 aliphatic carbocycles. The van der Waals surface area contributed by atoms with Gasteiger partial charge in [-0.15, -0.1) is 0 Å². The summed E-state index contributed by atoms with van der Waals surface area (Å²) in [5, 5.41) is 0. The first kappa shape index (κ1) is 18.3. The van der Waals surface area contributed by atoms with Gasteiger partial charge in [0, 0.05) is 18.5 Å². The van der Waals surface area contributed by atoms with Crippen LogP contribution in [0.4, 0.5) is 17.1 Å². The minimum Gasteiger partial charge on any atom is -0.309 e. The normalized spacial score (nSPS) is 14.9. The summed E-state index contributed by atoms with van der Waals surface area (Å²) in [6, 6.07) is 34.5. The van der Waals surface area contributed by atoms with Gasteiger partial charge in [0.05, 0.1) is 11.4 Å². The van der Waals surface area contributed by atoms with Gasteiger partial charge in [-0.1, -0.05) is 72.8 Å². The quantitative estimate of drug-likeness (QED) is 0.228. The van der Waals surface area contributed by atoms with Crippen LogP contribution in [0.1, 0.15) is 44.5 Å². The molecule has 9 rings (SSSR count). The molecule has 35 heavy (non-hydrogen) atoms. The van der Waals surface area contributed by atoms with E-state index in [1.54, 1.807) is 0 Å². The van der Waals surface area contributed by atoms with Crippen LogP contribution >= 0.6 is 0 Å². The molecule has 0 bridgehead atoms. The van der Waals surface area contributed by atoms with Crippen LogP contribution in [0, 0.1) is 0 Å². The summed E-state index contributed by atoms with van der Waals surface area (Å²) in [5.41, 5.74) is 21.8. The standard InChI is InChI=1S/C34H23N/c1-4-10-27-20(7-1)13-23-19-32-24(18-29(23)27)15-26-16-25-14-21-8-2-5-11-28(21)33(25)30-17-22-9-3-6-12-31(22)35(32)34(26)30/h1-12,16,18-19H,13-15,17H2. The molecule has 5 aromatic carbocycles. The van der Waals surface area contributed by atoms with Crippen molar-refractivity contribution in [2.45, 2.75) is 25.7 Å². The van der Waals surface area contributed by atoms with Gasteiger partial charge < -0.3 is 4.90 Å². The molecule has 0 N–H and O–H groups in total. The Morgan fingerprint density at radius 2 is 1.11 bits per heavy atom. The average Bonchev–Trinajstić information content (AvgIpc) is 3.45. The molecule has 2 heterocycles.